The standard InChI is InChI=1S/C20H22N4O4.ClH/c1-14(25)17-13-15-3-2-4-16(18(15)28-17)26-11-12-27-20-19(22-5-6-23-20)24-9-7-21-8-10-24;/h2-6,13,21H,7-12H2,1H3;1H. The van der Waals surface area contributed by atoms with Crippen LogP contribution in [0.2, 0.25) is 0 Å². The van der Waals surface area contributed by atoms with Crippen molar-refractivity contribution < 1.29 is 18.7 Å². The van der Waals surface area contributed by atoms with Gasteiger partial charge in [0, 0.05) is 50.9 Å². The molecule has 4 rings (SSSR count). The molecule has 1 saturated heterocycles. The number of halogens is 1. The van der Waals surface area contributed by atoms with Gasteiger partial charge in [-0.05, 0) is 12.1 Å². The number of fused-ring (bicyclic) bond motifs is 1. The Kier molecular flexibility index (Phi) is 6.90. The Morgan fingerprint density at radius 2 is 1.93 bits per heavy atom. The monoisotopic (exact) mass is 418 g/mol. The van der Waals surface area contributed by atoms with E-state index in [1.54, 1.807) is 18.5 Å². The molecule has 1 aromatic carbocycles. The van der Waals surface area contributed by atoms with E-state index in [4.69, 9.17) is 13.9 Å². The summed E-state index contributed by atoms with van der Waals surface area (Å²) in [6.07, 6.45) is 3.29. The van der Waals surface area contributed by atoms with Crippen LogP contribution in [0.1, 0.15) is 17.5 Å². The number of piperazine rings is 1. The molecule has 1 N–H and O–H groups in total. The van der Waals surface area contributed by atoms with Crippen molar-refractivity contribution in [3.8, 4) is 11.6 Å². The summed E-state index contributed by atoms with van der Waals surface area (Å²) in [5, 5.41) is 4.15. The molecule has 3 aromatic rings. The number of furan rings is 1. The van der Waals surface area contributed by atoms with Crippen LogP contribution in [0.4, 0.5) is 5.82 Å². The summed E-state index contributed by atoms with van der Waals surface area (Å²) in [6, 6.07) is 7.28. The van der Waals surface area contributed by atoms with Crippen LogP contribution >= 0.6 is 12.4 Å². The number of ketones is 1. The number of para-hydroxylation sites is 1. The van der Waals surface area contributed by atoms with Crippen LogP contribution in [0, 0.1) is 0 Å². The minimum atomic E-state index is -0.117. The van der Waals surface area contributed by atoms with Crippen molar-refractivity contribution in [2.24, 2.45) is 0 Å². The molecule has 154 valence electrons. The number of carbonyl (C=O) groups excluding carboxylic acids is 1. The van der Waals surface area contributed by atoms with Crippen molar-refractivity contribution in [3.05, 3.63) is 42.4 Å². The zero-order valence-electron chi connectivity index (χ0n) is 16.1. The second kappa shape index (κ2) is 9.58. The molecule has 0 aliphatic carbocycles. The van der Waals surface area contributed by atoms with Crippen LogP contribution in [0.5, 0.6) is 11.6 Å². The highest BCUT2D eigenvalue weighted by Crippen LogP contribution is 2.29. The smallest absolute Gasteiger partial charge is 0.257 e. The Morgan fingerprint density at radius 1 is 1.17 bits per heavy atom. The van der Waals surface area contributed by atoms with E-state index in [1.165, 1.54) is 6.92 Å². The molecule has 0 spiro atoms. The average Bonchev–Trinajstić information content (AvgIpc) is 3.18. The van der Waals surface area contributed by atoms with Crippen molar-refractivity contribution in [1.29, 1.82) is 0 Å². The third-order valence-corrected chi connectivity index (χ3v) is 4.50. The van der Waals surface area contributed by atoms with Gasteiger partial charge in [-0.15, -0.1) is 12.4 Å². The fourth-order valence-corrected chi connectivity index (χ4v) is 3.13. The first-order chi connectivity index (χ1) is 13.7. The first-order valence-electron chi connectivity index (χ1n) is 9.28. The van der Waals surface area contributed by atoms with E-state index >= 15 is 0 Å². The number of anilines is 1. The Balaban J connectivity index is 0.00000240. The van der Waals surface area contributed by atoms with Gasteiger partial charge in [-0.1, -0.05) is 12.1 Å². The van der Waals surface area contributed by atoms with Gasteiger partial charge in [0.25, 0.3) is 5.88 Å². The summed E-state index contributed by atoms with van der Waals surface area (Å²) >= 11 is 0. The SMILES string of the molecule is CC(=O)c1cc2cccc(OCCOc3nccnc3N3CCNCC3)c2o1.Cl. The average molecular weight is 419 g/mol. The molecule has 0 bridgehead atoms. The lowest BCUT2D eigenvalue weighted by atomic mass is 10.2. The number of benzene rings is 1. The zero-order valence-corrected chi connectivity index (χ0v) is 16.9. The topological polar surface area (TPSA) is 89.7 Å². The molecule has 1 aliphatic rings. The molecule has 3 heterocycles. The van der Waals surface area contributed by atoms with Crippen molar-refractivity contribution in [1.82, 2.24) is 15.3 Å². The van der Waals surface area contributed by atoms with Gasteiger partial charge in [-0.2, -0.15) is 0 Å². The molecule has 9 heteroatoms. The maximum Gasteiger partial charge on any atom is 0.257 e. The normalized spacial score (nSPS) is 13.8. The van der Waals surface area contributed by atoms with Gasteiger partial charge in [-0.3, -0.25) is 4.79 Å². The summed E-state index contributed by atoms with van der Waals surface area (Å²) in [5.41, 5.74) is 0.564. The quantitative estimate of drug-likeness (QED) is 0.462. The highest BCUT2D eigenvalue weighted by Gasteiger charge is 2.17. The van der Waals surface area contributed by atoms with E-state index in [-0.39, 0.29) is 18.2 Å². The van der Waals surface area contributed by atoms with E-state index in [9.17, 15) is 4.79 Å². The number of hydrogen-bond donors (Lipinski definition) is 1. The number of hydrogen-bond acceptors (Lipinski definition) is 8. The lowest BCUT2D eigenvalue weighted by molar-refractivity contribution is 0.0989. The summed E-state index contributed by atoms with van der Waals surface area (Å²) in [6.45, 7) is 5.66. The third kappa shape index (κ3) is 4.78. The van der Waals surface area contributed by atoms with Gasteiger partial charge in [0.15, 0.2) is 28.7 Å². The predicted octanol–water partition coefficient (Wildman–Crippen LogP) is 2.71. The lowest BCUT2D eigenvalue weighted by Gasteiger charge is -2.28. The molecule has 0 amide bonds. The molecule has 0 atom stereocenters. The second-order valence-corrected chi connectivity index (χ2v) is 6.46. The molecule has 1 fully saturated rings. The van der Waals surface area contributed by atoms with Gasteiger partial charge < -0.3 is 24.1 Å². The van der Waals surface area contributed by atoms with Crippen LogP contribution in [-0.4, -0.2) is 55.1 Å². The Bertz CT molecular complexity index is 972. The van der Waals surface area contributed by atoms with Gasteiger partial charge in [0.1, 0.15) is 13.2 Å². The summed E-state index contributed by atoms with van der Waals surface area (Å²) in [4.78, 5) is 22.4. The minimum absolute atomic E-state index is 0. The maximum atomic E-state index is 11.5. The zero-order chi connectivity index (χ0) is 19.3. The van der Waals surface area contributed by atoms with Crippen molar-refractivity contribution in [2.75, 3.05) is 44.3 Å². The summed E-state index contributed by atoms with van der Waals surface area (Å²) < 4.78 is 17.3. The Hall–Kier alpha value is -2.84. The van der Waals surface area contributed by atoms with E-state index in [0.29, 0.717) is 36.2 Å². The number of rotatable bonds is 7. The van der Waals surface area contributed by atoms with Gasteiger partial charge in [0.05, 0.1) is 0 Å². The fourth-order valence-electron chi connectivity index (χ4n) is 3.13. The van der Waals surface area contributed by atoms with Crippen molar-refractivity contribution in [2.45, 2.75) is 6.92 Å². The van der Waals surface area contributed by atoms with Crippen molar-refractivity contribution >= 4 is 35.0 Å². The Morgan fingerprint density at radius 3 is 2.72 bits per heavy atom. The lowest BCUT2D eigenvalue weighted by Crippen LogP contribution is -2.44. The van der Waals surface area contributed by atoms with E-state index in [0.717, 1.165) is 37.4 Å². The maximum absolute atomic E-state index is 11.5. The second-order valence-electron chi connectivity index (χ2n) is 6.46. The van der Waals surface area contributed by atoms with E-state index in [2.05, 4.69) is 20.2 Å². The number of carbonyl (C=O) groups is 1. The highest BCUT2D eigenvalue weighted by molar-refractivity contribution is 5.97. The van der Waals surface area contributed by atoms with E-state index in [1.807, 2.05) is 18.2 Å². The molecule has 29 heavy (non-hydrogen) atoms. The van der Waals surface area contributed by atoms with Gasteiger partial charge in [0.2, 0.25) is 0 Å². The molecular formula is C20H23ClN4O4. The number of aromatic nitrogens is 2. The number of Topliss-reactive ketones (excluding diaryl/α,β-unsaturated/α-hetero) is 1. The Labute approximate surface area is 174 Å². The van der Waals surface area contributed by atoms with E-state index < -0.39 is 0 Å². The summed E-state index contributed by atoms with van der Waals surface area (Å²) in [7, 11) is 0. The predicted molar refractivity (Wildman–Crippen MR) is 112 cm³/mol. The molecule has 0 saturated carbocycles. The third-order valence-electron chi connectivity index (χ3n) is 4.50. The number of nitrogens with one attached hydrogen (secondary N) is 1. The molecule has 0 radical (unpaired) electrons. The van der Waals surface area contributed by atoms with Crippen LogP contribution in [0.15, 0.2) is 41.1 Å². The first kappa shape index (κ1) is 20.9. The van der Waals surface area contributed by atoms with Crippen LogP contribution in [-0.2, 0) is 0 Å². The highest BCUT2D eigenvalue weighted by atomic mass is 35.5. The number of nitrogens with zero attached hydrogens (tertiary/aromatic N) is 3. The minimum Gasteiger partial charge on any atom is -0.486 e. The fraction of sp³-hybridized carbons (Fsp3) is 0.350. The molecule has 8 nitrogen and oxygen atoms in total. The summed E-state index contributed by atoms with van der Waals surface area (Å²) in [5.74, 6) is 2.04. The first-order valence-corrected chi connectivity index (χ1v) is 9.28. The number of ether oxygens (including phenoxy) is 2. The molecular weight excluding hydrogens is 396 g/mol. The van der Waals surface area contributed by atoms with Crippen molar-refractivity contribution in [3.63, 3.8) is 0 Å². The van der Waals surface area contributed by atoms with Crippen LogP contribution < -0.4 is 19.7 Å². The largest absolute Gasteiger partial charge is 0.486 e. The molecule has 1 aliphatic heterocycles. The van der Waals surface area contributed by atoms with Crippen LogP contribution in [0.25, 0.3) is 11.0 Å². The van der Waals surface area contributed by atoms with Gasteiger partial charge >= 0.3 is 0 Å². The van der Waals surface area contributed by atoms with Crippen LogP contribution in [0.3, 0.4) is 0 Å². The molecule has 2 aromatic heterocycles. The molecule has 0 unspecified atom stereocenters. The van der Waals surface area contributed by atoms with Gasteiger partial charge in [-0.25, -0.2) is 9.97 Å².